The molecule has 0 saturated carbocycles. The van der Waals surface area contributed by atoms with E-state index in [1.54, 1.807) is 24.1 Å². The van der Waals surface area contributed by atoms with Crippen molar-refractivity contribution in [3.8, 4) is 0 Å². The van der Waals surface area contributed by atoms with Crippen molar-refractivity contribution in [3.63, 3.8) is 0 Å². The molecule has 3 aliphatic rings. The third-order valence-electron chi connectivity index (χ3n) is 7.83. The molecule has 0 aliphatic carbocycles. The topological polar surface area (TPSA) is 107 Å². The zero-order valence-electron chi connectivity index (χ0n) is 20.7. The fraction of sp³-hybridized carbons (Fsp3) is 0.520. The summed E-state index contributed by atoms with van der Waals surface area (Å²) in [5.41, 5.74) is 0.188. The molecule has 1 N–H and O–H groups in total. The van der Waals surface area contributed by atoms with E-state index in [0.717, 1.165) is 36.2 Å². The summed E-state index contributed by atoms with van der Waals surface area (Å²) in [5, 5.41) is 3.43. The first-order chi connectivity index (χ1) is 17.9. The minimum Gasteiger partial charge on any atom is -0.378 e. The molecule has 12 heteroatoms. The van der Waals surface area contributed by atoms with Crippen LogP contribution in [0.3, 0.4) is 0 Å². The summed E-state index contributed by atoms with van der Waals surface area (Å²) < 4.78 is 23.1. The normalized spacial score (nSPS) is 21.7. The largest absolute Gasteiger partial charge is 0.378 e. The lowest BCUT2D eigenvalue weighted by Gasteiger charge is -2.27. The third-order valence-corrected chi connectivity index (χ3v) is 7.83. The number of benzene rings is 1. The van der Waals surface area contributed by atoms with Crippen LogP contribution in [-0.2, 0) is 29.7 Å². The molecular formula is C25H30FN7O4. The Balaban J connectivity index is 1.48. The highest BCUT2D eigenvalue weighted by molar-refractivity contribution is 5.78. The average Bonchev–Trinajstić information content (AvgIpc) is 3.62. The summed E-state index contributed by atoms with van der Waals surface area (Å²) in [4.78, 5) is 48.7. The molecule has 0 spiro atoms. The van der Waals surface area contributed by atoms with E-state index in [-0.39, 0.29) is 42.0 Å². The number of ether oxygens (including phenoxy) is 1. The first kappa shape index (κ1) is 23.9. The molecule has 1 amide bonds. The number of hydrogen-bond acceptors (Lipinski definition) is 7. The molecule has 3 fully saturated rings. The zero-order chi connectivity index (χ0) is 25.7. The molecule has 37 heavy (non-hydrogen) atoms. The van der Waals surface area contributed by atoms with Crippen molar-refractivity contribution in [1.29, 1.82) is 0 Å². The average molecular weight is 512 g/mol. The van der Waals surface area contributed by atoms with Crippen LogP contribution in [0.15, 0.2) is 33.9 Å². The highest BCUT2D eigenvalue weighted by atomic mass is 19.1. The number of nitrogens with one attached hydrogen (secondary N) is 1. The molecule has 0 radical (unpaired) electrons. The minimum atomic E-state index is -0.584. The predicted molar refractivity (Wildman–Crippen MR) is 134 cm³/mol. The van der Waals surface area contributed by atoms with Gasteiger partial charge in [0.05, 0.1) is 19.8 Å². The molecule has 3 aromatic rings. The monoisotopic (exact) mass is 511 g/mol. The van der Waals surface area contributed by atoms with Crippen LogP contribution in [0.5, 0.6) is 0 Å². The summed E-state index contributed by atoms with van der Waals surface area (Å²) in [5.74, 6) is 0.460. The number of carbonyl (C=O) groups is 1. The maximum atomic E-state index is 13.8. The lowest BCUT2D eigenvalue weighted by molar-refractivity contribution is -0.136. The number of rotatable bonds is 5. The maximum absolute atomic E-state index is 13.8. The van der Waals surface area contributed by atoms with Crippen LogP contribution in [0.2, 0.25) is 0 Å². The van der Waals surface area contributed by atoms with Crippen molar-refractivity contribution in [1.82, 2.24) is 28.9 Å². The van der Waals surface area contributed by atoms with E-state index in [1.165, 1.54) is 16.7 Å². The van der Waals surface area contributed by atoms with Gasteiger partial charge in [-0.2, -0.15) is 4.98 Å². The van der Waals surface area contributed by atoms with Gasteiger partial charge in [0, 0.05) is 45.8 Å². The molecule has 3 aliphatic heterocycles. The lowest BCUT2D eigenvalue weighted by Crippen LogP contribution is -2.47. The number of nitrogens with zero attached hydrogens (tertiary/aromatic N) is 6. The Morgan fingerprint density at radius 2 is 1.86 bits per heavy atom. The first-order valence-electron chi connectivity index (χ1n) is 12.7. The smallest absolute Gasteiger partial charge is 0.332 e. The summed E-state index contributed by atoms with van der Waals surface area (Å²) in [7, 11) is 1.57. The summed E-state index contributed by atoms with van der Waals surface area (Å²) in [6.07, 6.45) is 1.01. The molecule has 2 unspecified atom stereocenters. The quantitative estimate of drug-likeness (QED) is 0.503. The molecular weight excluding hydrogens is 481 g/mol. The number of imidazole rings is 1. The van der Waals surface area contributed by atoms with Crippen LogP contribution >= 0.6 is 0 Å². The SMILES string of the molecule is Cn1c(=O)n(CC(=O)N2CCOCC2)c(=O)c2c1nc(N1CCC3CNCC31)n2Cc1ccc(F)cc1. The first-order valence-corrected chi connectivity index (χ1v) is 12.7. The standard InChI is InChI=1S/C25H30FN7O4/c1-29-22-21(23(35)33(25(29)36)15-20(34)30-8-10-37-11-9-30)32(14-16-2-4-18(26)5-3-16)24(28-22)31-7-6-17-12-27-13-19(17)31/h2-5,17,19,27H,6-15H2,1H3. The van der Waals surface area contributed by atoms with Gasteiger partial charge in [-0.05, 0) is 30.0 Å². The Kier molecular flexibility index (Phi) is 6.07. The van der Waals surface area contributed by atoms with Crippen molar-refractivity contribution in [2.24, 2.45) is 13.0 Å². The van der Waals surface area contributed by atoms with E-state index in [4.69, 9.17) is 9.72 Å². The maximum Gasteiger partial charge on any atom is 0.332 e. The van der Waals surface area contributed by atoms with Crippen molar-refractivity contribution < 1.29 is 13.9 Å². The number of hydrogen-bond donors (Lipinski definition) is 1. The van der Waals surface area contributed by atoms with Gasteiger partial charge in [0.2, 0.25) is 11.9 Å². The zero-order valence-corrected chi connectivity index (χ0v) is 20.7. The van der Waals surface area contributed by atoms with Crippen molar-refractivity contribution in [2.45, 2.75) is 25.6 Å². The Morgan fingerprint density at radius 3 is 2.62 bits per heavy atom. The van der Waals surface area contributed by atoms with Crippen molar-refractivity contribution in [2.75, 3.05) is 50.8 Å². The fourth-order valence-electron chi connectivity index (χ4n) is 5.79. The van der Waals surface area contributed by atoms with Crippen LogP contribution in [0, 0.1) is 11.7 Å². The lowest BCUT2D eigenvalue weighted by atomic mass is 10.1. The van der Waals surface area contributed by atoms with E-state index in [2.05, 4.69) is 10.2 Å². The molecule has 196 valence electrons. The number of carbonyl (C=O) groups excluding carboxylic acids is 1. The van der Waals surface area contributed by atoms with Crippen LogP contribution in [-0.4, -0.2) is 81.5 Å². The van der Waals surface area contributed by atoms with Crippen molar-refractivity contribution >= 4 is 23.0 Å². The molecule has 1 aromatic carbocycles. The van der Waals surface area contributed by atoms with Gasteiger partial charge in [0.25, 0.3) is 5.56 Å². The summed E-state index contributed by atoms with van der Waals surface area (Å²) >= 11 is 0. The Hall–Kier alpha value is -3.51. The van der Waals surface area contributed by atoms with Crippen LogP contribution in [0.1, 0.15) is 12.0 Å². The van der Waals surface area contributed by atoms with Gasteiger partial charge in [0.1, 0.15) is 12.4 Å². The summed E-state index contributed by atoms with van der Waals surface area (Å²) in [6, 6.07) is 6.37. The number of morpholine rings is 1. The van der Waals surface area contributed by atoms with Gasteiger partial charge in [-0.1, -0.05) is 12.1 Å². The molecule has 11 nitrogen and oxygen atoms in total. The molecule has 0 bridgehead atoms. The highest BCUT2D eigenvalue weighted by Gasteiger charge is 2.40. The number of aromatic nitrogens is 4. The molecule has 5 heterocycles. The van der Waals surface area contributed by atoms with Crippen LogP contribution < -0.4 is 21.5 Å². The second kappa shape index (κ2) is 9.42. The van der Waals surface area contributed by atoms with E-state index in [9.17, 15) is 18.8 Å². The molecule has 2 aromatic heterocycles. The summed E-state index contributed by atoms with van der Waals surface area (Å²) in [6.45, 7) is 4.19. The van der Waals surface area contributed by atoms with Gasteiger partial charge in [-0.15, -0.1) is 0 Å². The van der Waals surface area contributed by atoms with Crippen molar-refractivity contribution in [3.05, 3.63) is 56.5 Å². The highest BCUT2D eigenvalue weighted by Crippen LogP contribution is 2.33. The second-order valence-corrected chi connectivity index (χ2v) is 9.99. The van der Waals surface area contributed by atoms with Crippen LogP contribution in [0.4, 0.5) is 10.3 Å². The number of anilines is 1. The Labute approximate surface area is 212 Å². The number of fused-ring (bicyclic) bond motifs is 2. The van der Waals surface area contributed by atoms with Gasteiger partial charge in [-0.3, -0.25) is 18.7 Å². The van der Waals surface area contributed by atoms with Crippen LogP contribution in [0.25, 0.3) is 11.2 Å². The van der Waals surface area contributed by atoms with E-state index in [0.29, 0.717) is 38.2 Å². The van der Waals surface area contributed by atoms with Gasteiger partial charge in [-0.25, -0.2) is 13.8 Å². The Morgan fingerprint density at radius 1 is 1.11 bits per heavy atom. The minimum absolute atomic E-state index is 0.242. The third kappa shape index (κ3) is 4.13. The fourth-order valence-corrected chi connectivity index (χ4v) is 5.79. The van der Waals surface area contributed by atoms with Gasteiger partial charge < -0.3 is 19.9 Å². The number of amides is 1. The molecule has 6 rings (SSSR count). The molecule has 3 saturated heterocycles. The van der Waals surface area contributed by atoms with E-state index >= 15 is 0 Å². The van der Waals surface area contributed by atoms with E-state index in [1.807, 2.05) is 4.57 Å². The van der Waals surface area contributed by atoms with Gasteiger partial charge >= 0.3 is 5.69 Å². The molecule has 2 atom stereocenters. The van der Waals surface area contributed by atoms with E-state index < -0.39 is 11.2 Å². The number of halogens is 1. The van der Waals surface area contributed by atoms with Gasteiger partial charge in [0.15, 0.2) is 11.2 Å². The number of aryl methyl sites for hydroxylation is 1. The Bertz CT molecular complexity index is 1450. The predicted octanol–water partition coefficient (Wildman–Crippen LogP) is -0.259. The second-order valence-electron chi connectivity index (χ2n) is 9.99.